The molecule has 0 rings (SSSR count). The molecule has 2 atom stereocenters. The summed E-state index contributed by atoms with van der Waals surface area (Å²) in [5, 5.41) is 11.7. The number of carboxylic acids is 1. The lowest BCUT2D eigenvalue weighted by Crippen LogP contribution is -2.34. The lowest BCUT2D eigenvalue weighted by Gasteiger charge is -2.17. The van der Waals surface area contributed by atoms with Gasteiger partial charge in [0, 0.05) is 25.6 Å². The molecule has 0 fully saturated rings. The molecular formula is C10H21NO3. The van der Waals surface area contributed by atoms with E-state index < -0.39 is 5.97 Å². The highest BCUT2D eigenvalue weighted by Gasteiger charge is 2.06. The van der Waals surface area contributed by atoms with E-state index in [9.17, 15) is 4.79 Å². The van der Waals surface area contributed by atoms with E-state index in [1.807, 2.05) is 20.8 Å². The Bertz CT molecular complexity index is 161. The predicted octanol–water partition coefficient (Wildman–Crippen LogP) is 1.25. The van der Waals surface area contributed by atoms with Gasteiger partial charge in [0.05, 0.1) is 6.10 Å². The molecule has 0 aliphatic rings. The topological polar surface area (TPSA) is 58.6 Å². The molecule has 14 heavy (non-hydrogen) atoms. The fourth-order valence-electron chi connectivity index (χ4n) is 1.15. The van der Waals surface area contributed by atoms with Crippen LogP contribution in [0.2, 0.25) is 0 Å². The van der Waals surface area contributed by atoms with Gasteiger partial charge in [0.25, 0.3) is 0 Å². The van der Waals surface area contributed by atoms with Crippen molar-refractivity contribution in [3.05, 3.63) is 0 Å². The summed E-state index contributed by atoms with van der Waals surface area (Å²) in [4.78, 5) is 10.3. The van der Waals surface area contributed by atoms with E-state index in [-0.39, 0.29) is 18.6 Å². The van der Waals surface area contributed by atoms with Gasteiger partial charge in [-0.2, -0.15) is 0 Å². The largest absolute Gasteiger partial charge is 0.481 e. The summed E-state index contributed by atoms with van der Waals surface area (Å²) in [5.41, 5.74) is 0. The first kappa shape index (κ1) is 13.4. The van der Waals surface area contributed by atoms with E-state index >= 15 is 0 Å². The van der Waals surface area contributed by atoms with Crippen LogP contribution < -0.4 is 5.32 Å². The number of carbonyl (C=O) groups is 1. The molecule has 0 heterocycles. The van der Waals surface area contributed by atoms with Gasteiger partial charge >= 0.3 is 5.97 Å². The average Bonchev–Trinajstić information content (AvgIpc) is 2.12. The van der Waals surface area contributed by atoms with E-state index in [1.54, 1.807) is 0 Å². The molecule has 0 bridgehead atoms. The standard InChI is InChI=1S/C10H21NO3/c1-4-14-9(3)7-11-8(2)5-6-10(12)13/h8-9,11H,4-7H2,1-3H3,(H,12,13). The zero-order chi connectivity index (χ0) is 11.0. The van der Waals surface area contributed by atoms with Crippen molar-refractivity contribution in [3.63, 3.8) is 0 Å². The van der Waals surface area contributed by atoms with Gasteiger partial charge in [-0.25, -0.2) is 0 Å². The highest BCUT2D eigenvalue weighted by atomic mass is 16.5. The average molecular weight is 203 g/mol. The third-order valence-electron chi connectivity index (χ3n) is 2.00. The maximum absolute atomic E-state index is 10.3. The molecule has 2 unspecified atom stereocenters. The Balaban J connectivity index is 3.42. The molecule has 0 aromatic rings. The number of aliphatic carboxylic acids is 1. The summed E-state index contributed by atoms with van der Waals surface area (Å²) in [7, 11) is 0. The molecule has 0 aliphatic carbocycles. The Hall–Kier alpha value is -0.610. The Kier molecular flexibility index (Phi) is 7.42. The number of rotatable bonds is 8. The second-order valence-electron chi connectivity index (χ2n) is 3.51. The van der Waals surface area contributed by atoms with E-state index in [2.05, 4.69) is 5.32 Å². The molecule has 0 spiro atoms. The van der Waals surface area contributed by atoms with Gasteiger partial charge < -0.3 is 15.2 Å². The van der Waals surface area contributed by atoms with Crippen molar-refractivity contribution >= 4 is 5.97 Å². The van der Waals surface area contributed by atoms with Crippen LogP contribution in [0.1, 0.15) is 33.6 Å². The van der Waals surface area contributed by atoms with Crippen LogP contribution in [-0.4, -0.2) is 36.4 Å². The summed E-state index contributed by atoms with van der Waals surface area (Å²) in [6.07, 6.45) is 1.07. The van der Waals surface area contributed by atoms with Gasteiger partial charge in [-0.05, 0) is 27.2 Å². The molecule has 84 valence electrons. The van der Waals surface area contributed by atoms with Gasteiger partial charge in [-0.3, -0.25) is 4.79 Å². The van der Waals surface area contributed by atoms with Crippen LogP contribution in [-0.2, 0) is 9.53 Å². The van der Waals surface area contributed by atoms with Gasteiger partial charge in [0.1, 0.15) is 0 Å². The quantitative estimate of drug-likeness (QED) is 0.623. The van der Waals surface area contributed by atoms with Gasteiger partial charge in [-0.1, -0.05) is 0 Å². The summed E-state index contributed by atoms with van der Waals surface area (Å²) in [6, 6.07) is 0.231. The predicted molar refractivity (Wildman–Crippen MR) is 55.4 cm³/mol. The first-order chi connectivity index (χ1) is 6.56. The van der Waals surface area contributed by atoms with Crippen molar-refractivity contribution in [1.82, 2.24) is 5.32 Å². The van der Waals surface area contributed by atoms with E-state index in [4.69, 9.17) is 9.84 Å². The van der Waals surface area contributed by atoms with Crippen molar-refractivity contribution in [3.8, 4) is 0 Å². The molecule has 0 aromatic carbocycles. The summed E-state index contributed by atoms with van der Waals surface area (Å²) in [6.45, 7) is 7.44. The van der Waals surface area contributed by atoms with Crippen molar-refractivity contribution in [2.45, 2.75) is 45.8 Å². The van der Waals surface area contributed by atoms with Crippen molar-refractivity contribution < 1.29 is 14.6 Å². The smallest absolute Gasteiger partial charge is 0.303 e. The molecule has 0 saturated carbocycles. The van der Waals surface area contributed by atoms with Crippen LogP contribution in [0.3, 0.4) is 0 Å². The molecular weight excluding hydrogens is 182 g/mol. The molecule has 4 heteroatoms. The SMILES string of the molecule is CCOC(C)CNC(C)CCC(=O)O. The fourth-order valence-corrected chi connectivity index (χ4v) is 1.15. The number of carboxylic acid groups (broad SMARTS) is 1. The summed E-state index contributed by atoms with van der Waals surface area (Å²) >= 11 is 0. The Morgan fingerprint density at radius 3 is 2.64 bits per heavy atom. The van der Waals surface area contributed by atoms with Crippen LogP contribution in [0, 0.1) is 0 Å². The van der Waals surface area contributed by atoms with Crippen molar-refractivity contribution in [2.24, 2.45) is 0 Å². The molecule has 2 N–H and O–H groups in total. The second kappa shape index (κ2) is 7.76. The van der Waals surface area contributed by atoms with E-state index in [0.717, 1.165) is 6.54 Å². The Labute approximate surface area is 85.6 Å². The van der Waals surface area contributed by atoms with Crippen molar-refractivity contribution in [2.75, 3.05) is 13.2 Å². The lowest BCUT2D eigenvalue weighted by molar-refractivity contribution is -0.137. The van der Waals surface area contributed by atoms with Gasteiger partial charge in [0.15, 0.2) is 0 Å². The zero-order valence-corrected chi connectivity index (χ0v) is 9.25. The monoisotopic (exact) mass is 203 g/mol. The highest BCUT2D eigenvalue weighted by molar-refractivity contribution is 5.66. The van der Waals surface area contributed by atoms with Gasteiger partial charge in [0.2, 0.25) is 0 Å². The third kappa shape index (κ3) is 8.01. The van der Waals surface area contributed by atoms with Crippen LogP contribution in [0.15, 0.2) is 0 Å². The van der Waals surface area contributed by atoms with Crippen LogP contribution in [0.25, 0.3) is 0 Å². The Morgan fingerprint density at radius 2 is 2.14 bits per heavy atom. The first-order valence-electron chi connectivity index (χ1n) is 5.13. The molecule has 0 aromatic heterocycles. The molecule has 0 amide bonds. The third-order valence-corrected chi connectivity index (χ3v) is 2.00. The van der Waals surface area contributed by atoms with Gasteiger partial charge in [-0.15, -0.1) is 0 Å². The normalized spacial score (nSPS) is 15.1. The fraction of sp³-hybridized carbons (Fsp3) is 0.900. The Morgan fingerprint density at radius 1 is 1.50 bits per heavy atom. The minimum atomic E-state index is -0.739. The number of ether oxygens (including phenoxy) is 1. The summed E-state index contributed by atoms with van der Waals surface area (Å²) in [5.74, 6) is -0.739. The summed E-state index contributed by atoms with van der Waals surface area (Å²) < 4.78 is 5.34. The van der Waals surface area contributed by atoms with Crippen LogP contribution in [0.5, 0.6) is 0 Å². The zero-order valence-electron chi connectivity index (χ0n) is 9.25. The minimum absolute atomic E-state index is 0.187. The minimum Gasteiger partial charge on any atom is -0.481 e. The molecule has 0 aliphatic heterocycles. The number of nitrogens with one attached hydrogen (secondary N) is 1. The first-order valence-corrected chi connectivity index (χ1v) is 5.13. The molecule has 4 nitrogen and oxygen atoms in total. The van der Waals surface area contributed by atoms with Crippen LogP contribution >= 0.6 is 0 Å². The van der Waals surface area contributed by atoms with E-state index in [1.165, 1.54) is 0 Å². The molecule has 0 radical (unpaired) electrons. The van der Waals surface area contributed by atoms with Crippen LogP contribution in [0.4, 0.5) is 0 Å². The lowest BCUT2D eigenvalue weighted by atomic mass is 10.2. The second-order valence-corrected chi connectivity index (χ2v) is 3.51. The maximum Gasteiger partial charge on any atom is 0.303 e. The molecule has 0 saturated heterocycles. The highest BCUT2D eigenvalue weighted by Crippen LogP contribution is 1.97. The number of hydrogen-bond donors (Lipinski definition) is 2. The number of hydrogen-bond acceptors (Lipinski definition) is 3. The van der Waals surface area contributed by atoms with E-state index in [0.29, 0.717) is 13.0 Å². The van der Waals surface area contributed by atoms with Crippen molar-refractivity contribution in [1.29, 1.82) is 0 Å². The maximum atomic E-state index is 10.3.